The van der Waals surface area contributed by atoms with Gasteiger partial charge in [0, 0.05) is 41.1 Å². The van der Waals surface area contributed by atoms with Gasteiger partial charge in [0.05, 0.1) is 0 Å². The van der Waals surface area contributed by atoms with Gasteiger partial charge in [-0.25, -0.2) is 4.79 Å². The van der Waals surface area contributed by atoms with Crippen LogP contribution in [0.4, 0.5) is 10.5 Å². The number of carbonyl (C=O) groups is 1. The van der Waals surface area contributed by atoms with Crippen LogP contribution in [0.1, 0.15) is 5.56 Å². The summed E-state index contributed by atoms with van der Waals surface area (Å²) in [6, 6.07) is 18.9. The summed E-state index contributed by atoms with van der Waals surface area (Å²) < 4.78 is 12.1. The van der Waals surface area contributed by atoms with Crippen LogP contribution in [-0.4, -0.2) is 29.1 Å². The van der Waals surface area contributed by atoms with E-state index in [1.807, 2.05) is 60.7 Å². The second-order valence-electron chi connectivity index (χ2n) is 5.24. The van der Waals surface area contributed by atoms with Crippen molar-refractivity contribution < 1.29 is 9.00 Å². The summed E-state index contributed by atoms with van der Waals surface area (Å²) in [7, 11) is -1.00. The minimum absolute atomic E-state index is 0.210. The van der Waals surface area contributed by atoms with E-state index in [0.717, 1.165) is 11.3 Å². The number of hydrogen-bond acceptors (Lipinski definition) is 2. The average Bonchev–Trinajstić information content (AvgIpc) is 2.61. The van der Waals surface area contributed by atoms with E-state index >= 15 is 0 Å². The number of nitrogens with zero attached hydrogens (tertiary/aromatic N) is 1. The summed E-state index contributed by atoms with van der Waals surface area (Å²) in [6.07, 6.45) is 1.68. The first-order valence-corrected chi connectivity index (χ1v) is 9.29. The van der Waals surface area contributed by atoms with Crippen molar-refractivity contribution >= 4 is 22.5 Å². The molecular weight excluding hydrogens is 320 g/mol. The third kappa shape index (κ3) is 5.66. The minimum Gasteiger partial charge on any atom is -0.337 e. The van der Waals surface area contributed by atoms with Crippen LogP contribution in [0.3, 0.4) is 0 Å². The fourth-order valence-corrected chi connectivity index (χ4v) is 3.28. The predicted molar refractivity (Wildman–Crippen MR) is 101 cm³/mol. The Morgan fingerprint density at radius 2 is 1.71 bits per heavy atom. The Labute approximate surface area is 145 Å². The Morgan fingerprint density at radius 1 is 1.08 bits per heavy atom. The zero-order chi connectivity index (χ0) is 17.2. The van der Waals surface area contributed by atoms with E-state index in [1.54, 1.807) is 11.0 Å². The molecule has 2 rings (SSSR count). The van der Waals surface area contributed by atoms with Gasteiger partial charge in [0.1, 0.15) is 0 Å². The second kappa shape index (κ2) is 9.67. The van der Waals surface area contributed by atoms with Crippen LogP contribution in [-0.2, 0) is 16.6 Å². The minimum atomic E-state index is -1.00. The summed E-state index contributed by atoms with van der Waals surface area (Å²) >= 11 is 0. The molecule has 0 aromatic heterocycles. The van der Waals surface area contributed by atoms with Gasteiger partial charge in [-0.2, -0.15) is 0 Å². The molecule has 0 bridgehead atoms. The van der Waals surface area contributed by atoms with Crippen LogP contribution in [0.2, 0.25) is 0 Å². The molecule has 126 valence electrons. The highest BCUT2D eigenvalue weighted by Gasteiger charge is 2.13. The van der Waals surface area contributed by atoms with E-state index in [9.17, 15) is 9.00 Å². The standard InChI is InChI=1S/C19H22N2O2S/c1-2-14-21(18-11-7-4-8-12-18)19(22)20-13-15-24(23)16-17-9-5-3-6-10-17/h2-12H,1,13-16H2,(H,20,22)/t24-/m1/s1. The van der Waals surface area contributed by atoms with Gasteiger partial charge in [-0.1, -0.05) is 54.6 Å². The summed E-state index contributed by atoms with van der Waals surface area (Å²) in [4.78, 5) is 13.9. The molecule has 1 N–H and O–H groups in total. The van der Waals surface area contributed by atoms with Crippen LogP contribution in [0, 0.1) is 0 Å². The van der Waals surface area contributed by atoms with E-state index in [0.29, 0.717) is 24.6 Å². The van der Waals surface area contributed by atoms with E-state index in [-0.39, 0.29) is 6.03 Å². The Morgan fingerprint density at radius 3 is 2.33 bits per heavy atom. The number of para-hydroxylation sites is 1. The van der Waals surface area contributed by atoms with Gasteiger partial charge in [-0.3, -0.25) is 9.11 Å². The Bertz CT molecular complexity index is 674. The molecule has 5 heteroatoms. The van der Waals surface area contributed by atoms with Gasteiger partial charge in [0.2, 0.25) is 0 Å². The molecule has 2 aromatic rings. The number of rotatable bonds is 8. The number of nitrogens with one attached hydrogen (secondary N) is 1. The van der Waals surface area contributed by atoms with Gasteiger partial charge in [-0.05, 0) is 17.7 Å². The smallest absolute Gasteiger partial charge is 0.322 e. The lowest BCUT2D eigenvalue weighted by Gasteiger charge is -2.21. The number of amides is 2. The van der Waals surface area contributed by atoms with Gasteiger partial charge >= 0.3 is 6.03 Å². The molecule has 0 unspecified atom stereocenters. The second-order valence-corrected chi connectivity index (χ2v) is 6.82. The number of urea groups is 1. The van der Waals surface area contributed by atoms with Crippen molar-refractivity contribution in [2.45, 2.75) is 5.75 Å². The average molecular weight is 342 g/mol. The van der Waals surface area contributed by atoms with Crippen LogP contribution in [0.25, 0.3) is 0 Å². The highest BCUT2D eigenvalue weighted by atomic mass is 32.2. The normalized spacial score (nSPS) is 11.5. The largest absolute Gasteiger partial charge is 0.337 e. The van der Waals surface area contributed by atoms with Crippen molar-refractivity contribution in [3.8, 4) is 0 Å². The molecule has 0 aliphatic rings. The molecule has 4 nitrogen and oxygen atoms in total. The zero-order valence-electron chi connectivity index (χ0n) is 13.6. The van der Waals surface area contributed by atoms with E-state index in [1.165, 1.54) is 0 Å². The number of carbonyl (C=O) groups excluding carboxylic acids is 1. The quantitative estimate of drug-likeness (QED) is 0.748. The van der Waals surface area contributed by atoms with E-state index in [4.69, 9.17) is 0 Å². The molecule has 2 aromatic carbocycles. The lowest BCUT2D eigenvalue weighted by atomic mass is 10.2. The third-order valence-electron chi connectivity index (χ3n) is 3.40. The summed E-state index contributed by atoms with van der Waals surface area (Å²) in [6.45, 7) is 4.49. The Hall–Kier alpha value is -2.40. The first-order chi connectivity index (χ1) is 11.7. The maximum atomic E-state index is 12.3. The Balaban J connectivity index is 1.82. The van der Waals surface area contributed by atoms with Crippen LogP contribution in [0.15, 0.2) is 73.3 Å². The predicted octanol–water partition coefficient (Wildman–Crippen LogP) is 3.34. The molecule has 1 atom stereocenters. The van der Waals surface area contributed by atoms with Crippen LogP contribution >= 0.6 is 0 Å². The number of hydrogen-bond donors (Lipinski definition) is 1. The SMILES string of the molecule is C=CCN(C(=O)NCC[S@@](=O)Cc1ccccc1)c1ccccc1. The number of anilines is 1. The highest BCUT2D eigenvalue weighted by Crippen LogP contribution is 2.13. The zero-order valence-corrected chi connectivity index (χ0v) is 14.4. The fraction of sp³-hybridized carbons (Fsp3) is 0.211. The molecule has 24 heavy (non-hydrogen) atoms. The van der Waals surface area contributed by atoms with Gasteiger partial charge in [0.15, 0.2) is 0 Å². The molecule has 0 saturated heterocycles. The Kier molecular flexibility index (Phi) is 7.23. The summed E-state index contributed by atoms with van der Waals surface area (Å²) in [5.41, 5.74) is 1.85. The van der Waals surface area contributed by atoms with Gasteiger partial charge in [0.25, 0.3) is 0 Å². The van der Waals surface area contributed by atoms with Crippen molar-refractivity contribution in [1.82, 2.24) is 5.32 Å². The van der Waals surface area contributed by atoms with Crippen LogP contribution < -0.4 is 10.2 Å². The lowest BCUT2D eigenvalue weighted by molar-refractivity contribution is 0.247. The lowest BCUT2D eigenvalue weighted by Crippen LogP contribution is -2.41. The van der Waals surface area contributed by atoms with Crippen molar-refractivity contribution in [1.29, 1.82) is 0 Å². The molecule has 0 heterocycles. The highest BCUT2D eigenvalue weighted by molar-refractivity contribution is 7.84. The first-order valence-electron chi connectivity index (χ1n) is 7.81. The molecule has 0 aliphatic heterocycles. The maximum Gasteiger partial charge on any atom is 0.322 e. The van der Waals surface area contributed by atoms with E-state index in [2.05, 4.69) is 11.9 Å². The summed E-state index contributed by atoms with van der Waals surface area (Å²) in [5, 5.41) is 2.83. The monoisotopic (exact) mass is 342 g/mol. The maximum absolute atomic E-state index is 12.3. The van der Waals surface area contributed by atoms with Crippen LogP contribution in [0.5, 0.6) is 0 Å². The first kappa shape index (κ1) is 17.9. The molecular formula is C19H22N2O2S. The van der Waals surface area contributed by atoms with Crippen molar-refractivity contribution in [3.63, 3.8) is 0 Å². The third-order valence-corrected chi connectivity index (χ3v) is 4.72. The topological polar surface area (TPSA) is 49.4 Å². The molecule has 0 saturated carbocycles. The molecule has 0 spiro atoms. The van der Waals surface area contributed by atoms with Crippen molar-refractivity contribution in [3.05, 3.63) is 78.9 Å². The molecule has 0 radical (unpaired) electrons. The van der Waals surface area contributed by atoms with E-state index < -0.39 is 10.8 Å². The van der Waals surface area contributed by atoms with Crippen molar-refractivity contribution in [2.75, 3.05) is 23.7 Å². The molecule has 0 fully saturated rings. The molecule has 0 aliphatic carbocycles. The van der Waals surface area contributed by atoms with Gasteiger partial charge < -0.3 is 5.32 Å². The van der Waals surface area contributed by atoms with Crippen molar-refractivity contribution in [2.24, 2.45) is 0 Å². The fourth-order valence-electron chi connectivity index (χ4n) is 2.24. The van der Waals surface area contributed by atoms with Gasteiger partial charge in [-0.15, -0.1) is 6.58 Å². The number of benzene rings is 2. The molecule has 2 amide bonds. The summed E-state index contributed by atoms with van der Waals surface area (Å²) in [5.74, 6) is 0.934.